The minimum atomic E-state index is -0.0589. The lowest BCUT2D eigenvalue weighted by molar-refractivity contribution is 0.104. The zero-order valence-electron chi connectivity index (χ0n) is 10.1. The standard InChI is InChI=1S/C16H14O2/c1-12-6-2-4-8-14(12)16(18)11-10-13-7-3-5-9-15(13)17/h2-11,17H,1H3/b11-10+. The van der Waals surface area contributed by atoms with Crippen molar-refractivity contribution in [3.05, 3.63) is 71.3 Å². The fourth-order valence-corrected chi connectivity index (χ4v) is 1.73. The molecule has 18 heavy (non-hydrogen) atoms. The number of hydrogen-bond donors (Lipinski definition) is 1. The van der Waals surface area contributed by atoms with Gasteiger partial charge < -0.3 is 5.11 Å². The molecule has 0 atom stereocenters. The van der Waals surface area contributed by atoms with Crippen LogP contribution in [0.25, 0.3) is 6.08 Å². The summed E-state index contributed by atoms with van der Waals surface area (Å²) in [4.78, 5) is 12.0. The minimum Gasteiger partial charge on any atom is -0.507 e. The molecule has 0 amide bonds. The smallest absolute Gasteiger partial charge is 0.186 e. The highest BCUT2D eigenvalue weighted by molar-refractivity contribution is 6.07. The van der Waals surface area contributed by atoms with Gasteiger partial charge in [-0.3, -0.25) is 4.79 Å². The minimum absolute atomic E-state index is 0.0589. The average Bonchev–Trinajstić information content (AvgIpc) is 2.38. The first-order chi connectivity index (χ1) is 8.68. The van der Waals surface area contributed by atoms with Crippen molar-refractivity contribution >= 4 is 11.9 Å². The summed E-state index contributed by atoms with van der Waals surface area (Å²) < 4.78 is 0. The molecule has 2 nitrogen and oxygen atoms in total. The van der Waals surface area contributed by atoms with E-state index in [0.29, 0.717) is 11.1 Å². The third kappa shape index (κ3) is 2.66. The Morgan fingerprint density at radius 1 is 1.06 bits per heavy atom. The van der Waals surface area contributed by atoms with Crippen LogP contribution in [0.5, 0.6) is 5.75 Å². The Balaban J connectivity index is 2.23. The first-order valence-corrected chi connectivity index (χ1v) is 5.74. The van der Waals surface area contributed by atoms with Crippen LogP contribution in [0.1, 0.15) is 21.5 Å². The van der Waals surface area contributed by atoms with Crippen LogP contribution < -0.4 is 0 Å². The molecule has 2 aromatic carbocycles. The zero-order valence-corrected chi connectivity index (χ0v) is 10.1. The second kappa shape index (κ2) is 5.32. The summed E-state index contributed by atoms with van der Waals surface area (Å²) in [6, 6.07) is 14.4. The lowest BCUT2D eigenvalue weighted by atomic mass is 10.0. The maximum absolute atomic E-state index is 12.0. The van der Waals surface area contributed by atoms with Gasteiger partial charge in [0.15, 0.2) is 5.78 Å². The van der Waals surface area contributed by atoms with Gasteiger partial charge in [0, 0.05) is 11.1 Å². The number of carbonyl (C=O) groups is 1. The van der Waals surface area contributed by atoms with Gasteiger partial charge in [0.05, 0.1) is 0 Å². The van der Waals surface area contributed by atoms with E-state index in [4.69, 9.17) is 0 Å². The van der Waals surface area contributed by atoms with Gasteiger partial charge in [0.25, 0.3) is 0 Å². The van der Waals surface area contributed by atoms with Crippen LogP contribution in [-0.2, 0) is 0 Å². The van der Waals surface area contributed by atoms with E-state index in [0.717, 1.165) is 5.56 Å². The number of aromatic hydroxyl groups is 1. The van der Waals surface area contributed by atoms with E-state index in [1.807, 2.05) is 31.2 Å². The number of benzene rings is 2. The molecule has 2 heteroatoms. The van der Waals surface area contributed by atoms with Crippen LogP contribution in [0, 0.1) is 6.92 Å². The number of phenolic OH excluding ortho intramolecular Hbond substituents is 1. The molecule has 0 radical (unpaired) electrons. The molecule has 0 aliphatic rings. The van der Waals surface area contributed by atoms with Gasteiger partial charge in [-0.25, -0.2) is 0 Å². The second-order valence-electron chi connectivity index (χ2n) is 4.07. The molecule has 0 saturated carbocycles. The van der Waals surface area contributed by atoms with E-state index < -0.39 is 0 Å². The fraction of sp³-hybridized carbons (Fsp3) is 0.0625. The van der Waals surface area contributed by atoms with Gasteiger partial charge in [0.1, 0.15) is 5.75 Å². The summed E-state index contributed by atoms with van der Waals surface area (Å²) in [6.45, 7) is 1.90. The molecule has 0 heterocycles. The van der Waals surface area contributed by atoms with E-state index in [2.05, 4.69) is 0 Å². The third-order valence-electron chi connectivity index (χ3n) is 2.76. The molecule has 1 N–H and O–H groups in total. The first kappa shape index (κ1) is 12.1. The summed E-state index contributed by atoms with van der Waals surface area (Å²) in [5.41, 5.74) is 2.27. The Kier molecular flexibility index (Phi) is 3.58. The summed E-state index contributed by atoms with van der Waals surface area (Å²) in [7, 11) is 0. The van der Waals surface area contributed by atoms with Gasteiger partial charge in [-0.05, 0) is 30.7 Å². The number of para-hydroxylation sites is 1. The molecule has 0 aliphatic carbocycles. The lowest BCUT2D eigenvalue weighted by Crippen LogP contribution is -1.96. The Bertz CT molecular complexity index is 598. The predicted octanol–water partition coefficient (Wildman–Crippen LogP) is 3.60. The SMILES string of the molecule is Cc1ccccc1C(=O)/C=C/c1ccccc1O. The summed E-state index contributed by atoms with van der Waals surface area (Å²) in [5, 5.41) is 9.59. The van der Waals surface area contributed by atoms with Crippen LogP contribution in [0.3, 0.4) is 0 Å². The van der Waals surface area contributed by atoms with Crippen LogP contribution in [0.15, 0.2) is 54.6 Å². The Hall–Kier alpha value is -2.35. The molecule has 0 aromatic heterocycles. The Morgan fingerprint density at radius 3 is 2.44 bits per heavy atom. The van der Waals surface area contributed by atoms with E-state index in [1.54, 1.807) is 30.3 Å². The van der Waals surface area contributed by atoms with Crippen LogP contribution >= 0.6 is 0 Å². The maximum atomic E-state index is 12.0. The highest BCUT2D eigenvalue weighted by Gasteiger charge is 2.04. The molecule has 90 valence electrons. The zero-order chi connectivity index (χ0) is 13.0. The number of hydrogen-bond acceptors (Lipinski definition) is 2. The molecule has 2 aromatic rings. The molecule has 0 saturated heterocycles. The molecule has 0 fully saturated rings. The van der Waals surface area contributed by atoms with Crippen molar-refractivity contribution in [2.24, 2.45) is 0 Å². The Labute approximate surface area is 106 Å². The predicted molar refractivity (Wildman–Crippen MR) is 72.7 cm³/mol. The molecule has 2 rings (SSSR count). The highest BCUT2D eigenvalue weighted by atomic mass is 16.3. The highest BCUT2D eigenvalue weighted by Crippen LogP contribution is 2.17. The Morgan fingerprint density at radius 2 is 1.72 bits per heavy atom. The molecule has 0 bridgehead atoms. The van der Waals surface area contributed by atoms with Crippen molar-refractivity contribution in [2.45, 2.75) is 6.92 Å². The number of carbonyl (C=O) groups excluding carboxylic acids is 1. The molecular weight excluding hydrogens is 224 g/mol. The van der Waals surface area contributed by atoms with Crippen LogP contribution in [-0.4, -0.2) is 10.9 Å². The number of aryl methyl sites for hydroxylation is 1. The van der Waals surface area contributed by atoms with Crippen molar-refractivity contribution in [2.75, 3.05) is 0 Å². The number of phenols is 1. The van der Waals surface area contributed by atoms with E-state index in [9.17, 15) is 9.90 Å². The van der Waals surface area contributed by atoms with E-state index in [1.165, 1.54) is 6.08 Å². The number of rotatable bonds is 3. The van der Waals surface area contributed by atoms with Crippen molar-refractivity contribution in [1.29, 1.82) is 0 Å². The quantitative estimate of drug-likeness (QED) is 0.655. The van der Waals surface area contributed by atoms with Gasteiger partial charge in [0.2, 0.25) is 0 Å². The summed E-state index contributed by atoms with van der Waals surface area (Å²) in [6.07, 6.45) is 3.11. The number of allylic oxidation sites excluding steroid dienone is 1. The molecular formula is C16H14O2. The topological polar surface area (TPSA) is 37.3 Å². The largest absolute Gasteiger partial charge is 0.507 e. The fourth-order valence-electron chi connectivity index (χ4n) is 1.73. The average molecular weight is 238 g/mol. The van der Waals surface area contributed by atoms with Crippen molar-refractivity contribution in [3.8, 4) is 5.75 Å². The summed E-state index contributed by atoms with van der Waals surface area (Å²) in [5.74, 6) is 0.114. The summed E-state index contributed by atoms with van der Waals surface area (Å²) >= 11 is 0. The van der Waals surface area contributed by atoms with Crippen LogP contribution in [0.4, 0.5) is 0 Å². The molecule has 0 aliphatic heterocycles. The monoisotopic (exact) mass is 238 g/mol. The maximum Gasteiger partial charge on any atom is 0.186 e. The van der Waals surface area contributed by atoms with Gasteiger partial charge in [-0.15, -0.1) is 0 Å². The first-order valence-electron chi connectivity index (χ1n) is 5.74. The second-order valence-corrected chi connectivity index (χ2v) is 4.07. The van der Waals surface area contributed by atoms with Crippen molar-refractivity contribution < 1.29 is 9.90 Å². The van der Waals surface area contributed by atoms with Crippen molar-refractivity contribution in [1.82, 2.24) is 0 Å². The van der Waals surface area contributed by atoms with E-state index >= 15 is 0 Å². The molecule has 0 spiro atoms. The molecule has 0 unspecified atom stereocenters. The van der Waals surface area contributed by atoms with E-state index in [-0.39, 0.29) is 11.5 Å². The van der Waals surface area contributed by atoms with Crippen molar-refractivity contribution in [3.63, 3.8) is 0 Å². The third-order valence-corrected chi connectivity index (χ3v) is 2.76. The normalized spacial score (nSPS) is 10.7. The van der Waals surface area contributed by atoms with Gasteiger partial charge in [-0.1, -0.05) is 42.5 Å². The number of ketones is 1. The van der Waals surface area contributed by atoms with Gasteiger partial charge in [-0.2, -0.15) is 0 Å². The van der Waals surface area contributed by atoms with Crippen LogP contribution in [0.2, 0.25) is 0 Å². The van der Waals surface area contributed by atoms with Gasteiger partial charge >= 0.3 is 0 Å². The lowest BCUT2D eigenvalue weighted by Gasteiger charge is -2.01.